The van der Waals surface area contributed by atoms with Gasteiger partial charge in [0.2, 0.25) is 5.91 Å². The number of nitrogens with one attached hydrogen (secondary N) is 1. The number of hydrogen-bond acceptors (Lipinski definition) is 3. The van der Waals surface area contributed by atoms with Crippen molar-refractivity contribution in [3.63, 3.8) is 0 Å². The molecule has 10 heteroatoms. The first kappa shape index (κ1) is 18.3. The molecule has 1 unspecified atom stereocenters. The SMILES string of the molecule is O=C(NCC(F)(F)F)C1CCCN(c2cccc(C(F)(F)F)n2)C1. The minimum atomic E-state index is -4.59. The first-order chi connectivity index (χ1) is 11.1. The fourth-order valence-corrected chi connectivity index (χ4v) is 2.49. The van der Waals surface area contributed by atoms with Crippen molar-refractivity contribution >= 4 is 11.7 Å². The van der Waals surface area contributed by atoms with E-state index in [0.717, 1.165) is 6.07 Å². The number of piperidine rings is 1. The maximum atomic E-state index is 12.7. The lowest BCUT2D eigenvalue weighted by Crippen LogP contribution is -2.45. The number of carbonyl (C=O) groups is 1. The number of hydrogen-bond donors (Lipinski definition) is 1. The average molecular weight is 355 g/mol. The van der Waals surface area contributed by atoms with Gasteiger partial charge in [0.1, 0.15) is 18.1 Å². The van der Waals surface area contributed by atoms with Crippen LogP contribution in [0.5, 0.6) is 0 Å². The van der Waals surface area contributed by atoms with Gasteiger partial charge in [-0.15, -0.1) is 0 Å². The molecular weight excluding hydrogens is 340 g/mol. The predicted octanol–water partition coefficient (Wildman–Crippen LogP) is 3.00. The molecule has 1 aliphatic rings. The molecule has 4 nitrogen and oxygen atoms in total. The van der Waals surface area contributed by atoms with Gasteiger partial charge in [-0.1, -0.05) is 6.07 Å². The Balaban J connectivity index is 2.04. The summed E-state index contributed by atoms with van der Waals surface area (Å²) in [5.74, 6) is -1.43. The number of carbonyl (C=O) groups excluding carboxylic acids is 1. The molecular formula is C14H15F6N3O. The van der Waals surface area contributed by atoms with Crippen molar-refractivity contribution in [1.82, 2.24) is 10.3 Å². The zero-order chi connectivity index (χ0) is 18.0. The smallest absolute Gasteiger partial charge is 0.356 e. The number of rotatable bonds is 3. The van der Waals surface area contributed by atoms with Crippen molar-refractivity contribution in [2.45, 2.75) is 25.2 Å². The Labute approximate surface area is 133 Å². The molecule has 134 valence electrons. The number of halogens is 6. The van der Waals surface area contributed by atoms with Crippen LogP contribution >= 0.6 is 0 Å². The summed E-state index contributed by atoms with van der Waals surface area (Å²) in [5, 5.41) is 1.81. The van der Waals surface area contributed by atoms with E-state index in [4.69, 9.17) is 0 Å². The summed E-state index contributed by atoms with van der Waals surface area (Å²) >= 11 is 0. The van der Waals surface area contributed by atoms with Crippen molar-refractivity contribution in [3.8, 4) is 0 Å². The van der Waals surface area contributed by atoms with E-state index in [1.165, 1.54) is 17.0 Å². The molecule has 2 rings (SSSR count). The standard InChI is InChI=1S/C14H15F6N3O/c15-13(16,17)8-21-12(24)9-3-2-6-23(7-9)11-5-1-4-10(22-11)14(18,19)20/h1,4-5,9H,2-3,6-8H2,(H,21,24). The summed E-state index contributed by atoms with van der Waals surface area (Å²) in [6.45, 7) is -1.01. The molecule has 0 saturated carbocycles. The van der Waals surface area contributed by atoms with Gasteiger partial charge >= 0.3 is 12.4 Å². The number of pyridine rings is 1. The van der Waals surface area contributed by atoms with E-state index in [9.17, 15) is 31.1 Å². The molecule has 1 amide bonds. The lowest BCUT2D eigenvalue weighted by Gasteiger charge is -2.33. The molecule has 0 aromatic carbocycles. The van der Waals surface area contributed by atoms with E-state index in [-0.39, 0.29) is 12.4 Å². The topological polar surface area (TPSA) is 45.2 Å². The number of nitrogens with zero attached hydrogens (tertiary/aromatic N) is 2. The van der Waals surface area contributed by atoms with Gasteiger partial charge in [0.05, 0.1) is 5.92 Å². The highest BCUT2D eigenvalue weighted by Gasteiger charge is 2.34. The van der Waals surface area contributed by atoms with Gasteiger partial charge < -0.3 is 10.2 Å². The zero-order valence-corrected chi connectivity index (χ0v) is 12.4. The Morgan fingerprint density at radius 3 is 2.58 bits per heavy atom. The summed E-state index contributed by atoms with van der Waals surface area (Å²) in [6, 6.07) is 3.42. The van der Waals surface area contributed by atoms with Crippen molar-refractivity contribution < 1.29 is 31.1 Å². The Morgan fingerprint density at radius 1 is 1.25 bits per heavy atom. The molecule has 1 aromatic rings. The van der Waals surface area contributed by atoms with Crippen LogP contribution < -0.4 is 10.2 Å². The van der Waals surface area contributed by atoms with Crippen LogP contribution in [0.15, 0.2) is 18.2 Å². The lowest BCUT2D eigenvalue weighted by atomic mass is 9.97. The monoisotopic (exact) mass is 355 g/mol. The molecule has 0 bridgehead atoms. The first-order valence-corrected chi connectivity index (χ1v) is 7.20. The fraction of sp³-hybridized carbons (Fsp3) is 0.571. The number of amides is 1. The van der Waals surface area contributed by atoms with Gasteiger partial charge in [0.15, 0.2) is 0 Å². The van der Waals surface area contributed by atoms with Crippen molar-refractivity contribution in [3.05, 3.63) is 23.9 Å². The Bertz CT molecular complexity index is 587. The van der Waals surface area contributed by atoms with E-state index >= 15 is 0 Å². The van der Waals surface area contributed by atoms with E-state index in [0.29, 0.717) is 19.4 Å². The molecule has 1 fully saturated rings. The van der Waals surface area contributed by atoms with Gasteiger partial charge in [-0.2, -0.15) is 26.3 Å². The summed E-state index contributed by atoms with van der Waals surface area (Å²) in [5.41, 5.74) is -1.05. The molecule has 24 heavy (non-hydrogen) atoms. The Morgan fingerprint density at radius 2 is 1.96 bits per heavy atom. The minimum absolute atomic E-state index is 0.0258. The van der Waals surface area contributed by atoms with Gasteiger partial charge in [0.25, 0.3) is 0 Å². The van der Waals surface area contributed by atoms with Crippen LogP contribution in [0.25, 0.3) is 0 Å². The van der Waals surface area contributed by atoms with Crippen LogP contribution in [-0.4, -0.2) is 36.7 Å². The second-order valence-electron chi connectivity index (χ2n) is 5.50. The minimum Gasteiger partial charge on any atom is -0.356 e. The van der Waals surface area contributed by atoms with Gasteiger partial charge in [-0.05, 0) is 25.0 Å². The lowest BCUT2D eigenvalue weighted by molar-refractivity contribution is -0.141. The van der Waals surface area contributed by atoms with Crippen molar-refractivity contribution in [1.29, 1.82) is 0 Å². The maximum Gasteiger partial charge on any atom is 0.433 e. The van der Waals surface area contributed by atoms with E-state index in [1.54, 1.807) is 0 Å². The van der Waals surface area contributed by atoms with Crippen LogP contribution in [0.1, 0.15) is 18.5 Å². The highest BCUT2D eigenvalue weighted by Crippen LogP contribution is 2.30. The van der Waals surface area contributed by atoms with Gasteiger partial charge in [0, 0.05) is 13.1 Å². The summed E-state index contributed by atoms with van der Waals surface area (Å²) in [6.07, 6.45) is -8.25. The largest absolute Gasteiger partial charge is 0.433 e. The third kappa shape index (κ3) is 5.00. The number of anilines is 1. The van der Waals surface area contributed by atoms with Crippen LogP contribution in [0.3, 0.4) is 0 Å². The zero-order valence-electron chi connectivity index (χ0n) is 12.4. The van der Waals surface area contributed by atoms with E-state index in [2.05, 4.69) is 4.98 Å². The van der Waals surface area contributed by atoms with Crippen molar-refractivity contribution in [2.75, 3.05) is 24.5 Å². The maximum absolute atomic E-state index is 12.7. The molecule has 1 atom stereocenters. The average Bonchev–Trinajstić information content (AvgIpc) is 2.51. The van der Waals surface area contributed by atoms with Crippen molar-refractivity contribution in [2.24, 2.45) is 5.92 Å². The number of alkyl halides is 6. The third-order valence-corrected chi connectivity index (χ3v) is 3.60. The van der Waals surface area contributed by atoms with Crippen LogP contribution in [-0.2, 0) is 11.0 Å². The molecule has 1 aliphatic heterocycles. The van der Waals surface area contributed by atoms with E-state index in [1.807, 2.05) is 5.32 Å². The predicted molar refractivity (Wildman–Crippen MR) is 73.2 cm³/mol. The molecule has 0 radical (unpaired) electrons. The quantitative estimate of drug-likeness (QED) is 0.848. The second kappa shape index (κ2) is 6.86. The summed E-state index contributed by atoms with van der Waals surface area (Å²) in [4.78, 5) is 16.8. The van der Waals surface area contributed by atoms with Crippen LogP contribution in [0.4, 0.5) is 32.2 Å². The molecule has 2 heterocycles. The molecule has 1 saturated heterocycles. The molecule has 0 aliphatic carbocycles. The molecule has 1 aromatic heterocycles. The van der Waals surface area contributed by atoms with Gasteiger partial charge in [-0.25, -0.2) is 4.98 Å². The molecule has 1 N–H and O–H groups in total. The normalized spacial score (nSPS) is 19.2. The number of aromatic nitrogens is 1. The van der Waals surface area contributed by atoms with Crippen LogP contribution in [0, 0.1) is 5.92 Å². The Hall–Kier alpha value is -2.00. The summed E-state index contributed by atoms with van der Waals surface area (Å²) < 4.78 is 74.5. The first-order valence-electron chi connectivity index (χ1n) is 7.20. The second-order valence-corrected chi connectivity index (χ2v) is 5.50. The van der Waals surface area contributed by atoms with Crippen LogP contribution in [0.2, 0.25) is 0 Å². The molecule has 0 spiro atoms. The Kier molecular flexibility index (Phi) is 5.24. The highest BCUT2D eigenvalue weighted by atomic mass is 19.4. The highest BCUT2D eigenvalue weighted by molar-refractivity contribution is 5.79. The van der Waals surface area contributed by atoms with Gasteiger partial charge in [-0.3, -0.25) is 4.79 Å². The van der Waals surface area contributed by atoms with E-state index < -0.39 is 36.4 Å². The fourth-order valence-electron chi connectivity index (χ4n) is 2.49. The summed E-state index contributed by atoms with van der Waals surface area (Å²) in [7, 11) is 0. The third-order valence-electron chi connectivity index (χ3n) is 3.60.